The molecular formula is C12H8ClN3O2. The zero-order valence-electron chi connectivity index (χ0n) is 9.15. The Morgan fingerprint density at radius 3 is 2.61 bits per heavy atom. The van der Waals surface area contributed by atoms with Gasteiger partial charge in [-0.15, -0.1) is 0 Å². The van der Waals surface area contributed by atoms with Crippen LogP contribution < -0.4 is 0 Å². The van der Waals surface area contributed by atoms with Gasteiger partial charge >= 0.3 is 0 Å². The van der Waals surface area contributed by atoms with Gasteiger partial charge < -0.3 is 0 Å². The molecule has 1 aromatic carbocycles. The van der Waals surface area contributed by atoms with Crippen molar-refractivity contribution in [2.45, 2.75) is 0 Å². The number of benzene rings is 1. The van der Waals surface area contributed by atoms with Gasteiger partial charge in [-0.2, -0.15) is 0 Å². The van der Waals surface area contributed by atoms with Crippen LogP contribution in [0.3, 0.4) is 0 Å². The molecule has 0 aliphatic carbocycles. The summed E-state index contributed by atoms with van der Waals surface area (Å²) in [5.41, 5.74) is 1.35. The molecule has 2 aromatic rings. The van der Waals surface area contributed by atoms with Crippen molar-refractivity contribution in [2.24, 2.45) is 4.99 Å². The first-order valence-corrected chi connectivity index (χ1v) is 5.43. The number of hydrogen-bond donors (Lipinski definition) is 0. The Balaban J connectivity index is 2.19. The number of nitrogens with zero attached hydrogens (tertiary/aromatic N) is 3. The highest BCUT2D eigenvalue weighted by molar-refractivity contribution is 6.31. The van der Waals surface area contributed by atoms with Crippen molar-refractivity contribution in [2.75, 3.05) is 0 Å². The van der Waals surface area contributed by atoms with Crippen molar-refractivity contribution >= 4 is 29.2 Å². The first-order valence-electron chi connectivity index (χ1n) is 5.06. The second kappa shape index (κ2) is 5.37. The lowest BCUT2D eigenvalue weighted by Gasteiger charge is -1.96. The highest BCUT2D eigenvalue weighted by Gasteiger charge is 2.02. The lowest BCUT2D eigenvalue weighted by Crippen LogP contribution is -1.88. The molecule has 0 fully saturated rings. The normalized spacial score (nSPS) is 10.7. The molecule has 6 heteroatoms. The van der Waals surface area contributed by atoms with Crippen LogP contribution in [0.4, 0.5) is 11.4 Å². The van der Waals surface area contributed by atoms with Gasteiger partial charge in [0, 0.05) is 24.5 Å². The third-order valence-electron chi connectivity index (χ3n) is 2.20. The van der Waals surface area contributed by atoms with Gasteiger partial charge in [0.2, 0.25) is 0 Å². The molecule has 0 unspecified atom stereocenters. The van der Waals surface area contributed by atoms with Gasteiger partial charge in [0.05, 0.1) is 4.92 Å². The minimum absolute atomic E-state index is 0.0477. The summed E-state index contributed by atoms with van der Waals surface area (Å²) in [6, 6.07) is 9.54. The van der Waals surface area contributed by atoms with Gasteiger partial charge in [-0.05, 0) is 29.8 Å². The standard InChI is InChI=1S/C12H8ClN3O2/c13-12-11(2-1-7-14-12)15-8-9-3-5-10(6-4-9)16(17)18/h1-8H. The minimum atomic E-state index is -0.446. The number of nitro benzene ring substituents is 1. The molecule has 0 aliphatic heterocycles. The van der Waals surface area contributed by atoms with Crippen LogP contribution in [0.2, 0.25) is 5.15 Å². The van der Waals surface area contributed by atoms with Gasteiger partial charge in [-0.25, -0.2) is 4.98 Å². The number of aliphatic imine (C=N–C) groups is 1. The Bertz CT molecular complexity index is 597. The fraction of sp³-hybridized carbons (Fsp3) is 0. The van der Waals surface area contributed by atoms with Crippen molar-refractivity contribution in [3.8, 4) is 0 Å². The molecule has 1 heterocycles. The Morgan fingerprint density at radius 1 is 1.28 bits per heavy atom. The fourth-order valence-electron chi connectivity index (χ4n) is 1.30. The molecule has 0 saturated carbocycles. The average Bonchev–Trinajstić information content (AvgIpc) is 2.38. The molecule has 0 bridgehead atoms. The van der Waals surface area contributed by atoms with E-state index < -0.39 is 4.92 Å². The average molecular weight is 262 g/mol. The molecule has 0 atom stereocenters. The zero-order valence-corrected chi connectivity index (χ0v) is 9.91. The van der Waals surface area contributed by atoms with Gasteiger partial charge in [0.25, 0.3) is 5.69 Å². The molecule has 0 radical (unpaired) electrons. The minimum Gasteiger partial charge on any atom is -0.258 e. The molecule has 0 N–H and O–H groups in total. The van der Waals surface area contributed by atoms with Gasteiger partial charge in [0.1, 0.15) is 5.69 Å². The number of nitro groups is 1. The number of rotatable bonds is 3. The second-order valence-electron chi connectivity index (χ2n) is 3.42. The van der Waals surface area contributed by atoms with E-state index in [1.807, 2.05) is 0 Å². The summed E-state index contributed by atoms with van der Waals surface area (Å²) in [5, 5.41) is 10.8. The van der Waals surface area contributed by atoms with E-state index >= 15 is 0 Å². The van der Waals surface area contributed by atoms with Crippen LogP contribution in [-0.4, -0.2) is 16.1 Å². The van der Waals surface area contributed by atoms with Crippen molar-refractivity contribution < 1.29 is 4.92 Å². The lowest BCUT2D eigenvalue weighted by atomic mass is 10.2. The fourth-order valence-corrected chi connectivity index (χ4v) is 1.47. The van der Waals surface area contributed by atoms with Crippen molar-refractivity contribution in [1.29, 1.82) is 0 Å². The number of aromatic nitrogens is 1. The van der Waals surface area contributed by atoms with E-state index in [2.05, 4.69) is 9.98 Å². The van der Waals surface area contributed by atoms with Crippen molar-refractivity contribution in [1.82, 2.24) is 4.98 Å². The smallest absolute Gasteiger partial charge is 0.258 e. The highest BCUT2D eigenvalue weighted by Crippen LogP contribution is 2.21. The highest BCUT2D eigenvalue weighted by atomic mass is 35.5. The van der Waals surface area contributed by atoms with E-state index in [-0.39, 0.29) is 5.69 Å². The topological polar surface area (TPSA) is 68.4 Å². The van der Waals surface area contributed by atoms with Crippen molar-refractivity contribution in [3.63, 3.8) is 0 Å². The van der Waals surface area contributed by atoms with Gasteiger partial charge in [0.15, 0.2) is 5.15 Å². The predicted molar refractivity (Wildman–Crippen MR) is 69.6 cm³/mol. The Labute approximate surface area is 108 Å². The molecule has 2 rings (SSSR count). The number of hydrogen-bond acceptors (Lipinski definition) is 4. The zero-order chi connectivity index (χ0) is 13.0. The second-order valence-corrected chi connectivity index (χ2v) is 3.78. The SMILES string of the molecule is O=[N+]([O-])c1ccc(C=Nc2cccnc2Cl)cc1. The first kappa shape index (κ1) is 12.2. The van der Waals surface area contributed by atoms with E-state index in [1.165, 1.54) is 12.1 Å². The van der Waals surface area contributed by atoms with E-state index in [4.69, 9.17) is 11.6 Å². The van der Waals surface area contributed by atoms with E-state index in [0.717, 1.165) is 5.56 Å². The van der Waals surface area contributed by atoms with E-state index in [9.17, 15) is 10.1 Å². The summed E-state index contributed by atoms with van der Waals surface area (Å²) in [6.45, 7) is 0. The summed E-state index contributed by atoms with van der Waals surface area (Å²) in [4.78, 5) is 18.1. The monoisotopic (exact) mass is 261 g/mol. The predicted octanol–water partition coefficient (Wildman–Crippen LogP) is 3.39. The first-order chi connectivity index (χ1) is 8.66. The molecule has 18 heavy (non-hydrogen) atoms. The Morgan fingerprint density at radius 2 is 2.00 bits per heavy atom. The summed E-state index contributed by atoms with van der Waals surface area (Å²) in [6.07, 6.45) is 3.15. The summed E-state index contributed by atoms with van der Waals surface area (Å²) < 4.78 is 0. The van der Waals surface area contributed by atoms with Crippen LogP contribution in [0.15, 0.2) is 47.6 Å². The number of non-ortho nitro benzene ring substituents is 1. The maximum atomic E-state index is 10.5. The number of halogens is 1. The van der Waals surface area contributed by atoms with Gasteiger partial charge in [-0.3, -0.25) is 15.1 Å². The van der Waals surface area contributed by atoms with Crippen LogP contribution in [0, 0.1) is 10.1 Å². The molecule has 0 aliphatic rings. The van der Waals surface area contributed by atoms with Crippen LogP contribution in [0.5, 0.6) is 0 Å². The summed E-state index contributed by atoms with van der Waals surface area (Å²) in [7, 11) is 0. The van der Waals surface area contributed by atoms with Crippen molar-refractivity contribution in [3.05, 3.63) is 63.4 Å². The molecule has 0 amide bonds. The van der Waals surface area contributed by atoms with Crippen LogP contribution in [0.25, 0.3) is 0 Å². The molecule has 0 saturated heterocycles. The van der Waals surface area contributed by atoms with E-state index in [0.29, 0.717) is 10.8 Å². The van der Waals surface area contributed by atoms with Crippen LogP contribution in [-0.2, 0) is 0 Å². The van der Waals surface area contributed by atoms with Crippen LogP contribution >= 0.6 is 11.6 Å². The number of pyridine rings is 1. The summed E-state index contributed by atoms with van der Waals surface area (Å²) in [5.74, 6) is 0. The molecule has 1 aromatic heterocycles. The molecule has 90 valence electrons. The van der Waals surface area contributed by atoms with E-state index in [1.54, 1.807) is 36.7 Å². The quantitative estimate of drug-likeness (QED) is 0.368. The molecular weight excluding hydrogens is 254 g/mol. The Hall–Kier alpha value is -2.27. The molecule has 5 nitrogen and oxygen atoms in total. The van der Waals surface area contributed by atoms with Crippen LogP contribution in [0.1, 0.15) is 5.56 Å². The maximum absolute atomic E-state index is 10.5. The maximum Gasteiger partial charge on any atom is 0.269 e. The third kappa shape index (κ3) is 2.89. The molecule has 0 spiro atoms. The lowest BCUT2D eigenvalue weighted by molar-refractivity contribution is -0.384. The largest absolute Gasteiger partial charge is 0.269 e. The van der Waals surface area contributed by atoms with Gasteiger partial charge in [-0.1, -0.05) is 11.6 Å². The Kier molecular flexibility index (Phi) is 3.64. The third-order valence-corrected chi connectivity index (χ3v) is 2.49. The summed E-state index contributed by atoms with van der Waals surface area (Å²) >= 11 is 5.84.